The van der Waals surface area contributed by atoms with Gasteiger partial charge in [-0.25, -0.2) is 4.39 Å². The minimum atomic E-state index is -0.921. The van der Waals surface area contributed by atoms with Crippen molar-refractivity contribution in [2.45, 2.75) is 45.4 Å². The smallest absolute Gasteiger partial charge is 0.123 e. The van der Waals surface area contributed by atoms with E-state index in [0.717, 1.165) is 0 Å². The van der Waals surface area contributed by atoms with Crippen LogP contribution in [0.25, 0.3) is 0 Å². The Labute approximate surface area is 101 Å². The molecule has 0 unspecified atom stereocenters. The summed E-state index contributed by atoms with van der Waals surface area (Å²) in [6, 6.07) is 3.81. The van der Waals surface area contributed by atoms with Crippen molar-refractivity contribution >= 4 is 0 Å². The molecule has 0 bridgehead atoms. The molecule has 3 N–H and O–H groups in total. The van der Waals surface area contributed by atoms with Crippen LogP contribution in [0.2, 0.25) is 0 Å². The van der Waals surface area contributed by atoms with Gasteiger partial charge in [-0.15, -0.1) is 0 Å². The van der Waals surface area contributed by atoms with Crippen molar-refractivity contribution in [2.75, 3.05) is 0 Å². The third kappa shape index (κ3) is 3.41. The summed E-state index contributed by atoms with van der Waals surface area (Å²) in [5.41, 5.74) is -0.996. The molecule has 3 nitrogen and oxygen atoms in total. The molecule has 0 aliphatic heterocycles. The number of benzene rings is 1. The molecule has 0 saturated heterocycles. The second-order valence-electron chi connectivity index (χ2n) is 5.31. The molecule has 17 heavy (non-hydrogen) atoms. The highest BCUT2D eigenvalue weighted by molar-refractivity contribution is 5.32. The Balaban J connectivity index is 2.77. The van der Waals surface area contributed by atoms with Gasteiger partial charge in [0.2, 0.25) is 0 Å². The third-order valence-electron chi connectivity index (χ3n) is 3.29. The summed E-state index contributed by atoms with van der Waals surface area (Å²) in [4.78, 5) is 0. The van der Waals surface area contributed by atoms with Crippen LogP contribution >= 0.6 is 0 Å². The van der Waals surface area contributed by atoms with E-state index in [1.54, 1.807) is 13.8 Å². The number of phenols is 1. The first-order chi connectivity index (χ1) is 7.63. The maximum atomic E-state index is 13.0. The molecule has 4 heteroatoms. The van der Waals surface area contributed by atoms with Crippen LogP contribution in [-0.2, 0) is 6.54 Å². The van der Waals surface area contributed by atoms with Crippen molar-refractivity contribution < 1.29 is 14.6 Å². The van der Waals surface area contributed by atoms with Crippen LogP contribution < -0.4 is 5.32 Å². The number of aromatic hydroxyl groups is 1. The molecule has 0 atom stereocenters. The van der Waals surface area contributed by atoms with E-state index in [9.17, 15) is 14.6 Å². The SMILES string of the molecule is CC(C)(O)C(C)(C)NCc1cc(F)ccc1O. The summed E-state index contributed by atoms with van der Waals surface area (Å²) >= 11 is 0. The summed E-state index contributed by atoms with van der Waals surface area (Å²) in [7, 11) is 0. The van der Waals surface area contributed by atoms with E-state index in [1.165, 1.54) is 18.2 Å². The highest BCUT2D eigenvalue weighted by Crippen LogP contribution is 2.23. The zero-order valence-corrected chi connectivity index (χ0v) is 10.7. The average Bonchev–Trinajstić information content (AvgIpc) is 2.18. The van der Waals surface area contributed by atoms with Gasteiger partial charge in [0, 0.05) is 17.6 Å². The molecule has 0 aliphatic rings. The van der Waals surface area contributed by atoms with Crippen LogP contribution in [0.3, 0.4) is 0 Å². The number of hydrogen-bond donors (Lipinski definition) is 3. The van der Waals surface area contributed by atoms with Gasteiger partial charge in [-0.3, -0.25) is 0 Å². The second-order valence-corrected chi connectivity index (χ2v) is 5.31. The summed E-state index contributed by atoms with van der Waals surface area (Å²) < 4.78 is 13.0. The lowest BCUT2D eigenvalue weighted by Crippen LogP contribution is -2.55. The molecular weight excluding hydrogens is 221 g/mol. The van der Waals surface area contributed by atoms with Crippen LogP contribution in [-0.4, -0.2) is 21.4 Å². The van der Waals surface area contributed by atoms with E-state index in [0.29, 0.717) is 12.1 Å². The summed E-state index contributed by atoms with van der Waals surface area (Å²) in [6.07, 6.45) is 0. The van der Waals surface area contributed by atoms with Crippen LogP contribution in [0.5, 0.6) is 5.75 Å². The molecule has 0 amide bonds. The molecule has 0 saturated carbocycles. The minimum absolute atomic E-state index is 0.0467. The van der Waals surface area contributed by atoms with Gasteiger partial charge in [0.15, 0.2) is 0 Å². The summed E-state index contributed by atoms with van der Waals surface area (Å²) in [6.45, 7) is 7.39. The normalized spacial score (nSPS) is 12.8. The standard InChI is InChI=1S/C13H20FNO2/c1-12(2,13(3,4)17)15-8-9-7-10(14)5-6-11(9)16/h5-7,15-17H,8H2,1-4H3. The molecule has 0 heterocycles. The van der Waals surface area contributed by atoms with Gasteiger partial charge in [0.25, 0.3) is 0 Å². The van der Waals surface area contributed by atoms with Crippen molar-refractivity contribution in [3.63, 3.8) is 0 Å². The fourth-order valence-electron chi connectivity index (χ4n) is 1.23. The number of nitrogens with one attached hydrogen (secondary N) is 1. The topological polar surface area (TPSA) is 52.5 Å². The third-order valence-corrected chi connectivity index (χ3v) is 3.29. The quantitative estimate of drug-likeness (QED) is 0.757. The molecule has 0 fully saturated rings. The zero-order chi connectivity index (χ0) is 13.3. The Morgan fingerprint density at radius 2 is 1.82 bits per heavy atom. The summed E-state index contributed by atoms with van der Waals surface area (Å²) in [5.74, 6) is -0.342. The van der Waals surface area contributed by atoms with Crippen molar-refractivity contribution in [3.05, 3.63) is 29.6 Å². The summed E-state index contributed by atoms with van der Waals surface area (Å²) in [5, 5.41) is 22.6. The zero-order valence-electron chi connectivity index (χ0n) is 10.7. The lowest BCUT2D eigenvalue weighted by Gasteiger charge is -2.38. The lowest BCUT2D eigenvalue weighted by atomic mass is 9.86. The largest absolute Gasteiger partial charge is 0.508 e. The molecule has 0 aromatic heterocycles. The Morgan fingerprint density at radius 1 is 1.24 bits per heavy atom. The predicted molar refractivity (Wildman–Crippen MR) is 65.3 cm³/mol. The van der Waals surface area contributed by atoms with Gasteiger partial charge in [-0.1, -0.05) is 0 Å². The Morgan fingerprint density at radius 3 is 2.35 bits per heavy atom. The number of halogens is 1. The van der Waals surface area contributed by atoms with E-state index >= 15 is 0 Å². The molecule has 1 aromatic carbocycles. The monoisotopic (exact) mass is 241 g/mol. The van der Waals surface area contributed by atoms with E-state index in [1.807, 2.05) is 13.8 Å². The van der Waals surface area contributed by atoms with E-state index in [4.69, 9.17) is 0 Å². The van der Waals surface area contributed by atoms with Crippen LogP contribution in [0.15, 0.2) is 18.2 Å². The number of hydrogen-bond acceptors (Lipinski definition) is 3. The Hall–Kier alpha value is -1.13. The van der Waals surface area contributed by atoms with E-state index < -0.39 is 11.1 Å². The minimum Gasteiger partial charge on any atom is -0.508 e. The van der Waals surface area contributed by atoms with E-state index in [2.05, 4.69) is 5.32 Å². The van der Waals surface area contributed by atoms with Crippen LogP contribution in [0.4, 0.5) is 4.39 Å². The van der Waals surface area contributed by atoms with Gasteiger partial charge >= 0.3 is 0 Å². The maximum Gasteiger partial charge on any atom is 0.123 e. The molecular formula is C13H20FNO2. The van der Waals surface area contributed by atoms with Crippen molar-refractivity contribution in [1.29, 1.82) is 0 Å². The molecule has 0 spiro atoms. The molecule has 96 valence electrons. The first-order valence-electron chi connectivity index (χ1n) is 5.58. The number of rotatable bonds is 4. The average molecular weight is 241 g/mol. The Kier molecular flexibility index (Phi) is 3.79. The van der Waals surface area contributed by atoms with Crippen LogP contribution in [0.1, 0.15) is 33.3 Å². The van der Waals surface area contributed by atoms with Gasteiger partial charge in [0.05, 0.1) is 5.60 Å². The molecule has 1 aromatic rings. The molecule has 0 radical (unpaired) electrons. The van der Waals surface area contributed by atoms with E-state index in [-0.39, 0.29) is 11.6 Å². The lowest BCUT2D eigenvalue weighted by molar-refractivity contribution is -0.00540. The van der Waals surface area contributed by atoms with Crippen LogP contribution in [0, 0.1) is 5.82 Å². The van der Waals surface area contributed by atoms with Crippen molar-refractivity contribution in [1.82, 2.24) is 5.32 Å². The van der Waals surface area contributed by atoms with Gasteiger partial charge < -0.3 is 15.5 Å². The maximum absolute atomic E-state index is 13.0. The highest BCUT2D eigenvalue weighted by atomic mass is 19.1. The number of aliphatic hydroxyl groups is 1. The first-order valence-corrected chi connectivity index (χ1v) is 5.58. The van der Waals surface area contributed by atoms with Crippen molar-refractivity contribution in [2.24, 2.45) is 0 Å². The predicted octanol–water partition coefficient (Wildman–Crippen LogP) is 2.17. The fourth-order valence-corrected chi connectivity index (χ4v) is 1.23. The fraction of sp³-hybridized carbons (Fsp3) is 0.538. The molecule has 1 rings (SSSR count). The van der Waals surface area contributed by atoms with Gasteiger partial charge in [-0.2, -0.15) is 0 Å². The second kappa shape index (κ2) is 4.63. The molecule has 0 aliphatic carbocycles. The first kappa shape index (κ1) is 13.9. The van der Waals surface area contributed by atoms with Crippen molar-refractivity contribution in [3.8, 4) is 5.75 Å². The Bertz CT molecular complexity index is 397. The number of phenolic OH excluding ortho intramolecular Hbond substituents is 1. The highest BCUT2D eigenvalue weighted by Gasteiger charge is 2.34. The van der Waals surface area contributed by atoms with Gasteiger partial charge in [-0.05, 0) is 45.9 Å². The van der Waals surface area contributed by atoms with Gasteiger partial charge in [0.1, 0.15) is 11.6 Å².